The molecule has 1 heterocycles. The van der Waals surface area contributed by atoms with Gasteiger partial charge in [0.15, 0.2) is 5.03 Å². The molecule has 1 N–H and O–H groups in total. The van der Waals surface area contributed by atoms with E-state index in [-0.39, 0.29) is 10.9 Å². The molecule has 0 radical (unpaired) electrons. The van der Waals surface area contributed by atoms with Crippen LogP contribution in [0.15, 0.2) is 41.8 Å². The normalized spacial score (nSPS) is 17.8. The lowest BCUT2D eigenvalue weighted by molar-refractivity contribution is -0.123. The second-order valence-corrected chi connectivity index (χ2v) is 7.18. The first kappa shape index (κ1) is 14.8. The Balaban J connectivity index is 1.73. The summed E-state index contributed by atoms with van der Waals surface area (Å²) in [4.78, 5) is 16.1. The van der Waals surface area contributed by atoms with Gasteiger partial charge in [0.25, 0.3) is 10.0 Å². The van der Waals surface area contributed by atoms with Crippen molar-refractivity contribution >= 4 is 15.9 Å². The summed E-state index contributed by atoms with van der Waals surface area (Å²) < 4.78 is 27.9. The molecule has 0 saturated carbocycles. The lowest BCUT2D eigenvalue weighted by Gasteiger charge is -2.23. The average Bonchev–Trinajstić information content (AvgIpc) is 2.94. The first-order valence-electron chi connectivity index (χ1n) is 7.07. The van der Waals surface area contributed by atoms with Crippen LogP contribution >= 0.6 is 0 Å². The number of hydrogen-bond donors (Lipinski definition) is 1. The van der Waals surface area contributed by atoms with Crippen LogP contribution in [0.5, 0.6) is 0 Å². The van der Waals surface area contributed by atoms with Gasteiger partial charge in [-0.1, -0.05) is 24.3 Å². The van der Waals surface area contributed by atoms with Crippen molar-refractivity contribution in [3.05, 3.63) is 47.9 Å². The molecule has 6 nitrogen and oxygen atoms in total. The number of aryl methyl sites for hydroxylation is 2. The van der Waals surface area contributed by atoms with Gasteiger partial charge >= 0.3 is 0 Å². The van der Waals surface area contributed by atoms with Gasteiger partial charge in [-0.25, -0.2) is 9.71 Å². The van der Waals surface area contributed by atoms with E-state index in [0.29, 0.717) is 12.8 Å². The molecule has 0 saturated heterocycles. The van der Waals surface area contributed by atoms with E-state index in [1.165, 1.54) is 22.7 Å². The zero-order valence-corrected chi connectivity index (χ0v) is 13.0. The number of carbonyl (C=O) groups is 1. The van der Waals surface area contributed by atoms with Crippen LogP contribution < -0.4 is 4.72 Å². The van der Waals surface area contributed by atoms with Crippen molar-refractivity contribution < 1.29 is 13.2 Å². The molecule has 0 spiro atoms. The molecule has 7 heteroatoms. The third kappa shape index (κ3) is 2.89. The van der Waals surface area contributed by atoms with Gasteiger partial charge in [-0.15, -0.1) is 0 Å². The lowest BCUT2D eigenvalue weighted by atomic mass is 9.84. The number of amides is 1. The Morgan fingerprint density at radius 3 is 2.73 bits per heavy atom. The van der Waals surface area contributed by atoms with Gasteiger partial charge in [-0.2, -0.15) is 8.42 Å². The van der Waals surface area contributed by atoms with Crippen LogP contribution in [0, 0.1) is 5.92 Å². The van der Waals surface area contributed by atoms with Crippen molar-refractivity contribution in [2.75, 3.05) is 0 Å². The maximum absolute atomic E-state index is 12.3. The maximum atomic E-state index is 12.3. The number of rotatable bonds is 3. The first-order valence-corrected chi connectivity index (χ1v) is 8.55. The van der Waals surface area contributed by atoms with Crippen molar-refractivity contribution in [3.63, 3.8) is 0 Å². The van der Waals surface area contributed by atoms with Gasteiger partial charge in [0.2, 0.25) is 5.91 Å². The molecule has 1 atom stereocenters. The summed E-state index contributed by atoms with van der Waals surface area (Å²) >= 11 is 0. The smallest absolute Gasteiger partial charge is 0.283 e. The molecule has 22 heavy (non-hydrogen) atoms. The van der Waals surface area contributed by atoms with Crippen molar-refractivity contribution in [2.24, 2.45) is 13.0 Å². The molecule has 0 bridgehead atoms. The zero-order chi connectivity index (χ0) is 15.7. The summed E-state index contributed by atoms with van der Waals surface area (Å²) in [6.07, 6.45) is 4.76. The van der Waals surface area contributed by atoms with E-state index in [9.17, 15) is 13.2 Å². The summed E-state index contributed by atoms with van der Waals surface area (Å²) in [6.45, 7) is 0. The summed E-state index contributed by atoms with van der Waals surface area (Å²) in [6, 6.07) is 7.95. The van der Waals surface area contributed by atoms with Gasteiger partial charge < -0.3 is 4.57 Å². The third-order valence-electron chi connectivity index (χ3n) is 3.91. The van der Waals surface area contributed by atoms with Crippen molar-refractivity contribution in [2.45, 2.75) is 24.3 Å². The molecule has 1 unspecified atom stereocenters. The molecular weight excluding hydrogens is 302 g/mol. The second kappa shape index (κ2) is 5.57. The number of hydrogen-bond acceptors (Lipinski definition) is 4. The van der Waals surface area contributed by atoms with Crippen LogP contribution in [0.25, 0.3) is 0 Å². The molecular formula is C15H17N3O3S. The highest BCUT2D eigenvalue weighted by Gasteiger charge is 2.28. The van der Waals surface area contributed by atoms with Crippen LogP contribution in [0.2, 0.25) is 0 Å². The molecule has 1 aromatic carbocycles. The molecule has 116 valence electrons. The standard InChI is InChI=1S/C15H17N3O3S/c1-18-9-14(16-10-18)22(20,21)17-15(19)13-7-6-11-4-2-3-5-12(11)8-13/h2-5,9-10,13H,6-8H2,1H3,(H,17,19). The SMILES string of the molecule is Cn1cnc(S(=O)(=O)NC(=O)C2CCc3ccccc3C2)c1. The van der Waals surface area contributed by atoms with E-state index in [0.717, 1.165) is 12.0 Å². The van der Waals surface area contributed by atoms with E-state index in [4.69, 9.17) is 0 Å². The topological polar surface area (TPSA) is 81.1 Å². The van der Waals surface area contributed by atoms with Gasteiger partial charge in [0, 0.05) is 19.2 Å². The Morgan fingerprint density at radius 1 is 1.32 bits per heavy atom. The van der Waals surface area contributed by atoms with Gasteiger partial charge in [-0.05, 0) is 30.4 Å². The fraction of sp³-hybridized carbons (Fsp3) is 0.333. The maximum Gasteiger partial charge on any atom is 0.283 e. The minimum Gasteiger partial charge on any atom is -0.339 e. The second-order valence-electron chi connectivity index (χ2n) is 5.56. The first-order chi connectivity index (χ1) is 10.5. The van der Waals surface area contributed by atoms with Crippen LogP contribution in [0.1, 0.15) is 17.5 Å². The van der Waals surface area contributed by atoms with Crippen LogP contribution in [0.3, 0.4) is 0 Å². The molecule has 0 fully saturated rings. The Labute approximate surface area is 129 Å². The zero-order valence-electron chi connectivity index (χ0n) is 12.2. The minimum atomic E-state index is -3.90. The summed E-state index contributed by atoms with van der Waals surface area (Å²) in [5.74, 6) is -0.784. The quantitative estimate of drug-likeness (QED) is 0.916. The highest BCUT2D eigenvalue weighted by molar-refractivity contribution is 7.90. The van der Waals surface area contributed by atoms with Crippen molar-refractivity contribution in [1.82, 2.24) is 14.3 Å². The molecule has 1 aliphatic carbocycles. The fourth-order valence-corrected chi connectivity index (χ4v) is 3.74. The van der Waals surface area contributed by atoms with Crippen LogP contribution in [0.4, 0.5) is 0 Å². The summed E-state index contributed by atoms with van der Waals surface area (Å²) in [7, 11) is -2.22. The van der Waals surface area contributed by atoms with E-state index < -0.39 is 15.9 Å². The van der Waals surface area contributed by atoms with Gasteiger partial charge in [-0.3, -0.25) is 4.79 Å². The monoisotopic (exact) mass is 319 g/mol. The van der Waals surface area contributed by atoms with E-state index >= 15 is 0 Å². The van der Waals surface area contributed by atoms with E-state index in [1.807, 2.05) is 24.3 Å². The number of sulfonamides is 1. The predicted octanol–water partition coefficient (Wildman–Crippen LogP) is 1.03. The van der Waals surface area contributed by atoms with Gasteiger partial charge in [0.05, 0.1) is 6.33 Å². The Bertz CT molecular complexity index is 811. The number of nitrogens with one attached hydrogen (secondary N) is 1. The van der Waals surface area contributed by atoms with Crippen molar-refractivity contribution in [3.8, 4) is 0 Å². The lowest BCUT2D eigenvalue weighted by Crippen LogP contribution is -2.38. The van der Waals surface area contributed by atoms with Crippen LogP contribution in [-0.2, 0) is 34.7 Å². The highest BCUT2D eigenvalue weighted by atomic mass is 32.2. The largest absolute Gasteiger partial charge is 0.339 e. The molecule has 0 aliphatic heterocycles. The fourth-order valence-electron chi connectivity index (χ4n) is 2.72. The molecule has 3 rings (SSSR count). The number of carbonyl (C=O) groups excluding carboxylic acids is 1. The number of fused-ring (bicyclic) bond motifs is 1. The average molecular weight is 319 g/mol. The predicted molar refractivity (Wildman–Crippen MR) is 80.5 cm³/mol. The Kier molecular flexibility index (Phi) is 3.74. The van der Waals surface area contributed by atoms with E-state index in [1.54, 1.807) is 7.05 Å². The molecule has 1 amide bonds. The molecule has 1 aromatic heterocycles. The van der Waals surface area contributed by atoms with E-state index in [2.05, 4.69) is 9.71 Å². The minimum absolute atomic E-state index is 0.139. The third-order valence-corrected chi connectivity index (χ3v) is 5.14. The number of nitrogens with zero attached hydrogens (tertiary/aromatic N) is 2. The Hall–Kier alpha value is -2.15. The number of benzene rings is 1. The molecule has 1 aliphatic rings. The Morgan fingerprint density at radius 2 is 2.05 bits per heavy atom. The summed E-state index contributed by atoms with van der Waals surface area (Å²) in [5.41, 5.74) is 2.35. The van der Waals surface area contributed by atoms with Crippen LogP contribution in [-0.4, -0.2) is 23.9 Å². The summed E-state index contributed by atoms with van der Waals surface area (Å²) in [5, 5.41) is -0.139. The molecule has 2 aromatic rings. The van der Waals surface area contributed by atoms with Gasteiger partial charge in [0.1, 0.15) is 0 Å². The number of aromatic nitrogens is 2. The number of imidazole rings is 1. The highest BCUT2D eigenvalue weighted by Crippen LogP contribution is 2.25. The van der Waals surface area contributed by atoms with Crippen molar-refractivity contribution in [1.29, 1.82) is 0 Å².